The Hall–Kier alpha value is -1.50. The molecule has 2 aromatic rings. The van der Waals surface area contributed by atoms with Crippen LogP contribution in [0.25, 0.3) is 0 Å². The van der Waals surface area contributed by atoms with E-state index in [9.17, 15) is 8.42 Å². The van der Waals surface area contributed by atoms with Crippen LogP contribution in [0.15, 0.2) is 47.5 Å². The van der Waals surface area contributed by atoms with Gasteiger partial charge >= 0.3 is 0 Å². The third kappa shape index (κ3) is 3.89. The van der Waals surface area contributed by atoms with Crippen molar-refractivity contribution in [1.29, 1.82) is 0 Å². The van der Waals surface area contributed by atoms with Gasteiger partial charge in [0.05, 0.1) is 24.1 Å². The molecule has 4 nitrogen and oxygen atoms in total. The number of hydrogen-bond acceptors (Lipinski definition) is 5. The average Bonchev–Trinajstić information content (AvgIpc) is 3.10. The molecule has 0 bridgehead atoms. The molecule has 0 aromatic heterocycles. The summed E-state index contributed by atoms with van der Waals surface area (Å²) in [6.45, 7) is 4.78. The molecule has 2 heterocycles. The number of benzene rings is 2. The normalized spacial score (nSPS) is 23.1. The summed E-state index contributed by atoms with van der Waals surface area (Å²) in [6.07, 6.45) is 0. The largest absolute Gasteiger partial charge is 0.317 e. The van der Waals surface area contributed by atoms with Crippen LogP contribution in [0.2, 0.25) is 5.02 Å². The lowest BCUT2D eigenvalue weighted by atomic mass is 10.1. The quantitative estimate of drug-likeness (QED) is 0.745. The van der Waals surface area contributed by atoms with Gasteiger partial charge in [0.1, 0.15) is 0 Å². The number of thioether (sulfide) groups is 1. The van der Waals surface area contributed by atoms with Crippen LogP contribution in [-0.2, 0) is 16.4 Å². The molecule has 0 radical (unpaired) electrons. The van der Waals surface area contributed by atoms with Gasteiger partial charge in [-0.2, -0.15) is 0 Å². The van der Waals surface area contributed by atoms with E-state index in [4.69, 9.17) is 16.6 Å². The summed E-state index contributed by atoms with van der Waals surface area (Å²) in [5, 5.41) is 1.62. The second-order valence-electron chi connectivity index (χ2n) is 7.16. The van der Waals surface area contributed by atoms with Crippen molar-refractivity contribution in [3.8, 4) is 0 Å². The van der Waals surface area contributed by atoms with Crippen molar-refractivity contribution in [3.63, 3.8) is 0 Å². The maximum Gasteiger partial charge on any atom is 0.164 e. The van der Waals surface area contributed by atoms with Gasteiger partial charge in [-0.05, 0) is 48.7 Å². The standard InChI is InChI=1S/C20H21ClN2O2S2/c1-13-7-8-16(9-14(13)2)23(10-15-5-3-4-6-17(15)21)20-22-18-11-27(24,25)12-19(18)26-20/h3-9,18-19H,10-12H2,1-2H3/t18-,19+/m0/s1. The summed E-state index contributed by atoms with van der Waals surface area (Å²) in [5.41, 5.74) is 4.51. The molecule has 7 heteroatoms. The number of hydrogen-bond donors (Lipinski definition) is 0. The fraction of sp³-hybridized carbons (Fsp3) is 0.350. The summed E-state index contributed by atoms with van der Waals surface area (Å²) in [6, 6.07) is 14.0. The number of halogens is 1. The van der Waals surface area contributed by atoms with Crippen LogP contribution in [0.3, 0.4) is 0 Å². The number of fused-ring (bicyclic) bond motifs is 1. The minimum absolute atomic E-state index is 0.0188. The van der Waals surface area contributed by atoms with E-state index in [2.05, 4.69) is 36.9 Å². The number of aryl methyl sites for hydroxylation is 2. The van der Waals surface area contributed by atoms with Gasteiger partial charge < -0.3 is 4.90 Å². The topological polar surface area (TPSA) is 49.7 Å². The molecule has 4 rings (SSSR count). The zero-order chi connectivity index (χ0) is 19.2. The van der Waals surface area contributed by atoms with E-state index in [0.29, 0.717) is 6.54 Å². The van der Waals surface area contributed by atoms with Crippen LogP contribution in [0.1, 0.15) is 16.7 Å². The molecular formula is C20H21ClN2O2S2. The van der Waals surface area contributed by atoms with Crippen molar-refractivity contribution in [3.05, 3.63) is 64.2 Å². The summed E-state index contributed by atoms with van der Waals surface area (Å²) >= 11 is 7.97. The number of sulfone groups is 1. The van der Waals surface area contributed by atoms with E-state index < -0.39 is 9.84 Å². The van der Waals surface area contributed by atoms with E-state index in [1.165, 1.54) is 11.1 Å². The fourth-order valence-electron chi connectivity index (χ4n) is 3.43. The highest BCUT2D eigenvalue weighted by Crippen LogP contribution is 2.38. The Kier molecular flexibility index (Phi) is 4.99. The molecule has 0 unspecified atom stereocenters. The minimum atomic E-state index is -2.96. The van der Waals surface area contributed by atoms with E-state index in [-0.39, 0.29) is 22.8 Å². The van der Waals surface area contributed by atoms with E-state index >= 15 is 0 Å². The van der Waals surface area contributed by atoms with Crippen molar-refractivity contribution in [2.45, 2.75) is 31.7 Å². The molecular weight excluding hydrogens is 400 g/mol. The lowest BCUT2D eigenvalue weighted by molar-refractivity contribution is 0.601. The number of nitrogens with zero attached hydrogens (tertiary/aromatic N) is 2. The number of rotatable bonds is 3. The second-order valence-corrected chi connectivity index (χ2v) is 10.9. The Balaban J connectivity index is 1.70. The molecule has 0 spiro atoms. The maximum absolute atomic E-state index is 11.9. The first-order chi connectivity index (χ1) is 12.8. The zero-order valence-electron chi connectivity index (χ0n) is 15.2. The molecule has 142 valence electrons. The molecule has 2 aromatic carbocycles. The summed E-state index contributed by atoms with van der Waals surface area (Å²) < 4.78 is 23.8. The Morgan fingerprint density at radius 1 is 1.15 bits per heavy atom. The molecule has 2 aliphatic rings. The average molecular weight is 421 g/mol. The number of amidine groups is 1. The molecule has 1 fully saturated rings. The highest BCUT2D eigenvalue weighted by molar-refractivity contribution is 8.15. The van der Waals surface area contributed by atoms with Crippen molar-refractivity contribution in [2.75, 3.05) is 16.4 Å². The molecule has 0 amide bonds. The molecule has 2 atom stereocenters. The van der Waals surface area contributed by atoms with Gasteiger partial charge in [0.2, 0.25) is 0 Å². The lowest BCUT2D eigenvalue weighted by Crippen LogP contribution is -2.28. The van der Waals surface area contributed by atoms with Gasteiger partial charge in [0.25, 0.3) is 0 Å². The van der Waals surface area contributed by atoms with Gasteiger partial charge in [0.15, 0.2) is 15.0 Å². The zero-order valence-corrected chi connectivity index (χ0v) is 17.6. The Bertz CT molecular complexity index is 1020. The minimum Gasteiger partial charge on any atom is -0.317 e. The molecule has 1 saturated heterocycles. The number of anilines is 1. The third-order valence-corrected chi connectivity index (χ3v) is 8.74. The van der Waals surface area contributed by atoms with E-state index in [1.807, 2.05) is 24.3 Å². The summed E-state index contributed by atoms with van der Waals surface area (Å²) in [5.74, 6) is 0.364. The Labute approximate surface area is 169 Å². The number of aliphatic imine (C=N–C) groups is 1. The van der Waals surface area contributed by atoms with Crippen molar-refractivity contribution < 1.29 is 8.42 Å². The molecule has 27 heavy (non-hydrogen) atoms. The first kappa shape index (κ1) is 18.8. The lowest BCUT2D eigenvalue weighted by Gasteiger charge is -2.26. The van der Waals surface area contributed by atoms with Gasteiger partial charge in [0, 0.05) is 16.0 Å². The first-order valence-corrected chi connectivity index (χ1v) is 11.9. The third-order valence-electron chi connectivity index (χ3n) is 5.12. The van der Waals surface area contributed by atoms with Crippen LogP contribution in [0.5, 0.6) is 0 Å². The highest BCUT2D eigenvalue weighted by Gasteiger charge is 2.44. The van der Waals surface area contributed by atoms with Crippen molar-refractivity contribution in [1.82, 2.24) is 0 Å². The first-order valence-electron chi connectivity index (χ1n) is 8.85. The fourth-order valence-corrected chi connectivity index (χ4v) is 7.41. The predicted octanol–water partition coefficient (Wildman–Crippen LogP) is 4.23. The molecule has 2 aliphatic heterocycles. The van der Waals surface area contributed by atoms with Gasteiger partial charge in [-0.25, -0.2) is 8.42 Å². The van der Waals surface area contributed by atoms with Crippen LogP contribution < -0.4 is 4.90 Å². The second kappa shape index (κ2) is 7.15. The van der Waals surface area contributed by atoms with Crippen molar-refractivity contribution in [2.24, 2.45) is 4.99 Å². The Morgan fingerprint density at radius 3 is 2.63 bits per heavy atom. The van der Waals surface area contributed by atoms with Gasteiger partial charge in [-0.15, -0.1) is 0 Å². The predicted molar refractivity (Wildman–Crippen MR) is 115 cm³/mol. The smallest absolute Gasteiger partial charge is 0.164 e. The monoisotopic (exact) mass is 420 g/mol. The van der Waals surface area contributed by atoms with Crippen LogP contribution in [-0.4, -0.2) is 36.4 Å². The van der Waals surface area contributed by atoms with E-state index in [1.54, 1.807) is 11.8 Å². The maximum atomic E-state index is 11.9. The SMILES string of the molecule is Cc1ccc(N(Cc2ccccc2Cl)C2=N[C@H]3CS(=O)(=O)C[C@H]3S2)cc1C. The van der Waals surface area contributed by atoms with Crippen LogP contribution in [0.4, 0.5) is 5.69 Å². The molecule has 0 N–H and O–H groups in total. The highest BCUT2D eigenvalue weighted by atomic mass is 35.5. The summed E-state index contributed by atoms with van der Waals surface area (Å²) in [7, 11) is -2.96. The van der Waals surface area contributed by atoms with Gasteiger partial charge in [-0.1, -0.05) is 47.6 Å². The molecule has 0 aliphatic carbocycles. The summed E-state index contributed by atoms with van der Waals surface area (Å²) in [4.78, 5) is 6.94. The molecule has 0 saturated carbocycles. The van der Waals surface area contributed by atoms with Crippen molar-refractivity contribution >= 4 is 44.1 Å². The van der Waals surface area contributed by atoms with E-state index in [0.717, 1.165) is 21.4 Å². The Morgan fingerprint density at radius 2 is 1.93 bits per heavy atom. The van der Waals surface area contributed by atoms with Gasteiger partial charge in [-0.3, -0.25) is 4.99 Å². The van der Waals surface area contributed by atoms with Crippen LogP contribution >= 0.6 is 23.4 Å². The van der Waals surface area contributed by atoms with Crippen LogP contribution in [0, 0.1) is 13.8 Å².